The van der Waals surface area contributed by atoms with Gasteiger partial charge in [0.25, 0.3) is 0 Å². The van der Waals surface area contributed by atoms with Crippen molar-refractivity contribution in [2.75, 3.05) is 25.6 Å². The number of nitrogens with zero attached hydrogens (tertiary/aromatic N) is 1. The summed E-state index contributed by atoms with van der Waals surface area (Å²) in [5.41, 5.74) is 0. The molecule has 0 radical (unpaired) electrons. The third kappa shape index (κ3) is 8.30. The molecule has 8 heteroatoms. The normalized spacial score (nSPS) is 11.7. The van der Waals surface area contributed by atoms with E-state index in [9.17, 15) is 14.4 Å². The molecule has 0 unspecified atom stereocenters. The third-order valence-corrected chi connectivity index (χ3v) is 3.05. The molecule has 7 nitrogen and oxygen atoms in total. The van der Waals surface area contributed by atoms with E-state index < -0.39 is 24.0 Å². The van der Waals surface area contributed by atoms with Crippen molar-refractivity contribution < 1.29 is 24.6 Å². The van der Waals surface area contributed by atoms with Crippen LogP contribution in [0.2, 0.25) is 0 Å². The summed E-state index contributed by atoms with van der Waals surface area (Å²) < 4.78 is 0. The average molecular weight is 292 g/mol. The van der Waals surface area contributed by atoms with Crippen LogP contribution in [0.25, 0.3) is 0 Å². The molecule has 19 heavy (non-hydrogen) atoms. The molecule has 0 spiro atoms. The first-order chi connectivity index (χ1) is 8.88. The minimum absolute atomic E-state index is 0.101. The number of nitrogens with one attached hydrogen (secondary N) is 1. The molecular weight excluding hydrogens is 272 g/mol. The lowest BCUT2D eigenvalue weighted by Gasteiger charge is -2.21. The van der Waals surface area contributed by atoms with Gasteiger partial charge < -0.3 is 20.4 Å². The first-order valence-corrected chi connectivity index (χ1v) is 7.23. The third-order valence-electron chi connectivity index (χ3n) is 2.46. The van der Waals surface area contributed by atoms with Gasteiger partial charge >= 0.3 is 18.0 Å². The molecule has 0 bridgehead atoms. The molecule has 0 aromatic heterocycles. The molecule has 0 fully saturated rings. The Hall–Kier alpha value is -1.44. The smallest absolute Gasteiger partial charge is 0.326 e. The maximum Gasteiger partial charge on any atom is 0.326 e. The largest absolute Gasteiger partial charge is 0.481 e. The minimum atomic E-state index is -1.16. The fourth-order valence-corrected chi connectivity index (χ4v) is 1.76. The number of hydrogen-bond acceptors (Lipinski definition) is 4. The Morgan fingerprint density at radius 3 is 2.42 bits per heavy atom. The van der Waals surface area contributed by atoms with Crippen LogP contribution in [0, 0.1) is 0 Å². The molecule has 0 aromatic carbocycles. The average Bonchev–Trinajstić information content (AvgIpc) is 2.33. The minimum Gasteiger partial charge on any atom is -0.481 e. The summed E-state index contributed by atoms with van der Waals surface area (Å²) in [6.07, 6.45) is 2.12. The Kier molecular flexibility index (Phi) is 8.77. The first kappa shape index (κ1) is 17.6. The Morgan fingerprint density at radius 1 is 1.32 bits per heavy atom. The van der Waals surface area contributed by atoms with E-state index in [1.54, 1.807) is 18.8 Å². The van der Waals surface area contributed by atoms with E-state index in [0.717, 1.165) is 5.75 Å². The number of carbonyl (C=O) groups is 3. The Morgan fingerprint density at radius 2 is 1.95 bits per heavy atom. The van der Waals surface area contributed by atoms with E-state index in [2.05, 4.69) is 5.32 Å². The molecule has 2 amide bonds. The van der Waals surface area contributed by atoms with E-state index in [0.29, 0.717) is 6.54 Å². The zero-order chi connectivity index (χ0) is 14.8. The Bertz CT molecular complexity index is 324. The maximum absolute atomic E-state index is 11.7. The number of amides is 2. The van der Waals surface area contributed by atoms with Crippen molar-refractivity contribution in [2.24, 2.45) is 0 Å². The number of urea groups is 1. The van der Waals surface area contributed by atoms with Crippen LogP contribution in [0.4, 0.5) is 4.79 Å². The van der Waals surface area contributed by atoms with Crippen molar-refractivity contribution in [3.8, 4) is 0 Å². The summed E-state index contributed by atoms with van der Waals surface area (Å²) in [4.78, 5) is 34.4. The van der Waals surface area contributed by atoms with Gasteiger partial charge in [0, 0.05) is 25.8 Å². The standard InChI is InChI=1S/C11H20N2O5S/c1-13(6-7-19-2)11(18)12-8(10(16)17)4-3-5-9(14)15/h8H,3-7H2,1-2H3,(H,12,18)(H,14,15)(H,16,17)/t8-/m1/s1. The van der Waals surface area contributed by atoms with Gasteiger partial charge in [0.05, 0.1) is 0 Å². The highest BCUT2D eigenvalue weighted by atomic mass is 32.2. The van der Waals surface area contributed by atoms with Gasteiger partial charge in [-0.3, -0.25) is 4.79 Å². The van der Waals surface area contributed by atoms with Crippen molar-refractivity contribution in [3.05, 3.63) is 0 Å². The number of hydrogen-bond donors (Lipinski definition) is 3. The number of aliphatic carboxylic acids is 2. The summed E-state index contributed by atoms with van der Waals surface area (Å²) in [5, 5.41) is 19.8. The van der Waals surface area contributed by atoms with E-state index in [-0.39, 0.29) is 19.3 Å². The zero-order valence-electron chi connectivity index (χ0n) is 11.1. The summed E-state index contributed by atoms with van der Waals surface area (Å²) in [5.74, 6) is -1.37. The van der Waals surface area contributed by atoms with Gasteiger partial charge in [0.15, 0.2) is 0 Å². The van der Waals surface area contributed by atoms with Crippen LogP contribution in [0.15, 0.2) is 0 Å². The summed E-state index contributed by atoms with van der Waals surface area (Å²) in [6.45, 7) is 0.522. The summed E-state index contributed by atoms with van der Waals surface area (Å²) >= 11 is 1.59. The second kappa shape index (κ2) is 9.48. The SMILES string of the molecule is CSCCN(C)C(=O)N[C@H](CCCC(=O)O)C(=O)O. The van der Waals surface area contributed by atoms with Crippen LogP contribution in [-0.4, -0.2) is 64.7 Å². The lowest BCUT2D eigenvalue weighted by molar-refractivity contribution is -0.140. The van der Waals surface area contributed by atoms with Gasteiger partial charge in [-0.2, -0.15) is 11.8 Å². The number of rotatable bonds is 9. The van der Waals surface area contributed by atoms with Gasteiger partial charge in [-0.25, -0.2) is 9.59 Å². The van der Waals surface area contributed by atoms with Gasteiger partial charge in [-0.05, 0) is 19.1 Å². The van der Waals surface area contributed by atoms with Crippen LogP contribution >= 0.6 is 11.8 Å². The highest BCUT2D eigenvalue weighted by Gasteiger charge is 2.21. The number of carbonyl (C=O) groups excluding carboxylic acids is 1. The Balaban J connectivity index is 4.21. The predicted octanol–water partition coefficient (Wildman–Crippen LogP) is 0.699. The molecule has 0 aliphatic heterocycles. The van der Waals surface area contributed by atoms with Crippen molar-refractivity contribution in [1.29, 1.82) is 0 Å². The van der Waals surface area contributed by atoms with Crippen LogP contribution in [0.5, 0.6) is 0 Å². The van der Waals surface area contributed by atoms with Crippen LogP contribution in [-0.2, 0) is 9.59 Å². The van der Waals surface area contributed by atoms with Crippen LogP contribution in [0.1, 0.15) is 19.3 Å². The first-order valence-electron chi connectivity index (χ1n) is 5.83. The summed E-state index contributed by atoms with van der Waals surface area (Å²) in [6, 6.07) is -1.51. The van der Waals surface area contributed by atoms with Crippen molar-refractivity contribution in [2.45, 2.75) is 25.3 Å². The quantitative estimate of drug-likeness (QED) is 0.577. The van der Waals surface area contributed by atoms with Crippen LogP contribution < -0.4 is 5.32 Å². The molecule has 0 aliphatic rings. The molecule has 0 heterocycles. The molecule has 0 saturated heterocycles. The molecule has 110 valence electrons. The molecular formula is C11H20N2O5S. The number of carboxylic acids is 2. The molecule has 3 N–H and O–H groups in total. The topological polar surface area (TPSA) is 107 Å². The summed E-state index contributed by atoms with van der Waals surface area (Å²) in [7, 11) is 1.59. The maximum atomic E-state index is 11.7. The number of thioether (sulfide) groups is 1. The predicted molar refractivity (Wildman–Crippen MR) is 72.5 cm³/mol. The highest BCUT2D eigenvalue weighted by Crippen LogP contribution is 2.03. The lowest BCUT2D eigenvalue weighted by Crippen LogP contribution is -2.47. The zero-order valence-corrected chi connectivity index (χ0v) is 11.9. The second-order valence-corrected chi connectivity index (χ2v) is 5.03. The van der Waals surface area contributed by atoms with Crippen molar-refractivity contribution in [1.82, 2.24) is 10.2 Å². The van der Waals surface area contributed by atoms with E-state index in [4.69, 9.17) is 10.2 Å². The molecule has 0 saturated carbocycles. The van der Waals surface area contributed by atoms with Crippen molar-refractivity contribution >= 4 is 29.7 Å². The monoisotopic (exact) mass is 292 g/mol. The van der Waals surface area contributed by atoms with E-state index >= 15 is 0 Å². The van der Waals surface area contributed by atoms with Crippen LogP contribution in [0.3, 0.4) is 0 Å². The van der Waals surface area contributed by atoms with Gasteiger partial charge in [0.1, 0.15) is 6.04 Å². The van der Waals surface area contributed by atoms with Gasteiger partial charge in [-0.15, -0.1) is 0 Å². The Labute approximate surface area is 116 Å². The van der Waals surface area contributed by atoms with Gasteiger partial charge in [0.2, 0.25) is 0 Å². The second-order valence-electron chi connectivity index (χ2n) is 4.04. The van der Waals surface area contributed by atoms with Gasteiger partial charge in [-0.1, -0.05) is 0 Å². The van der Waals surface area contributed by atoms with Crippen molar-refractivity contribution in [3.63, 3.8) is 0 Å². The molecule has 0 rings (SSSR count). The molecule has 1 atom stereocenters. The highest BCUT2D eigenvalue weighted by molar-refractivity contribution is 7.98. The molecule has 0 aromatic rings. The molecule has 0 aliphatic carbocycles. The number of carboxylic acid groups (broad SMARTS) is 2. The van der Waals surface area contributed by atoms with E-state index in [1.165, 1.54) is 4.90 Å². The van der Waals surface area contributed by atoms with E-state index in [1.807, 2.05) is 6.26 Å². The fraction of sp³-hybridized carbons (Fsp3) is 0.727. The lowest BCUT2D eigenvalue weighted by atomic mass is 10.1. The fourth-order valence-electron chi connectivity index (χ4n) is 1.30.